The number of allylic oxidation sites excluding steroid dienone is 1. The van der Waals surface area contributed by atoms with Crippen LogP contribution in [0, 0.1) is 0 Å². The van der Waals surface area contributed by atoms with Crippen molar-refractivity contribution in [2.45, 2.75) is 26.4 Å². The van der Waals surface area contributed by atoms with Gasteiger partial charge in [-0.05, 0) is 33.9 Å². The summed E-state index contributed by atoms with van der Waals surface area (Å²) in [5.74, 6) is 0.309. The Hall–Kier alpha value is -2.21. The van der Waals surface area contributed by atoms with Gasteiger partial charge < -0.3 is 15.0 Å². The Morgan fingerprint density at radius 1 is 1.43 bits per heavy atom. The summed E-state index contributed by atoms with van der Waals surface area (Å²) >= 11 is 0. The van der Waals surface area contributed by atoms with Crippen molar-refractivity contribution in [1.29, 1.82) is 0 Å². The summed E-state index contributed by atoms with van der Waals surface area (Å²) in [7, 11) is 1.82. The molecule has 0 aliphatic carbocycles. The first kappa shape index (κ1) is 15.2. The second-order valence-electron chi connectivity index (χ2n) is 5.64. The summed E-state index contributed by atoms with van der Waals surface area (Å²) in [6.45, 7) is 6.43. The van der Waals surface area contributed by atoms with Crippen molar-refractivity contribution < 1.29 is 9.53 Å². The summed E-state index contributed by atoms with van der Waals surface area (Å²) in [4.78, 5) is 23.5. The van der Waals surface area contributed by atoms with E-state index in [0.717, 1.165) is 0 Å². The number of fused-ring (bicyclic) bond motifs is 1. The molecule has 6 nitrogen and oxygen atoms in total. The van der Waals surface area contributed by atoms with Gasteiger partial charge >= 0.3 is 0 Å². The summed E-state index contributed by atoms with van der Waals surface area (Å²) < 4.78 is 5.83. The molecule has 0 atom stereocenters. The molecule has 0 saturated carbocycles. The smallest absolute Gasteiger partial charge is 0.227 e. The lowest BCUT2D eigenvalue weighted by atomic mass is 10.1. The second kappa shape index (κ2) is 6.05. The molecule has 0 unspecified atom stereocenters. The molecule has 2 aromatic heterocycles. The molecule has 21 heavy (non-hydrogen) atoms. The number of ether oxygens (including phenoxy) is 1. The van der Waals surface area contributed by atoms with Gasteiger partial charge in [-0.2, -0.15) is 0 Å². The Morgan fingerprint density at radius 3 is 2.86 bits per heavy atom. The zero-order valence-corrected chi connectivity index (χ0v) is 12.7. The Labute approximate surface area is 123 Å². The molecule has 0 radical (unpaired) electrons. The van der Waals surface area contributed by atoms with Crippen molar-refractivity contribution in [3.05, 3.63) is 30.2 Å². The number of carbonyl (C=O) groups is 1. The number of ketones is 1. The van der Waals surface area contributed by atoms with Crippen LogP contribution in [0.1, 0.15) is 31.1 Å². The fourth-order valence-corrected chi connectivity index (χ4v) is 1.87. The van der Waals surface area contributed by atoms with E-state index in [-0.39, 0.29) is 5.78 Å². The van der Waals surface area contributed by atoms with Crippen LogP contribution in [0.5, 0.6) is 5.88 Å². The molecule has 2 rings (SSSR count). The number of carbonyl (C=O) groups excluding carboxylic acids is 1. The third-order valence-corrected chi connectivity index (χ3v) is 2.69. The van der Waals surface area contributed by atoms with Gasteiger partial charge in [0.05, 0.1) is 10.9 Å². The van der Waals surface area contributed by atoms with Crippen LogP contribution in [0.2, 0.25) is 0 Å². The SMILES string of the molecule is CNCC=CC(=O)c1c[nH]c2ncnc(OC(C)(C)C)c12. The van der Waals surface area contributed by atoms with E-state index in [1.807, 2.05) is 27.8 Å². The Morgan fingerprint density at radius 2 is 2.19 bits per heavy atom. The standard InChI is InChI=1S/C15H20N4O2/c1-15(2,3)21-14-12-10(11(20)6-5-7-16-4)8-17-13(12)18-9-19-14/h5-6,8-9,16H,7H2,1-4H3,(H,17,18,19). The number of likely N-dealkylation sites (N-methyl/N-ethyl adjacent to an activating group) is 1. The van der Waals surface area contributed by atoms with Crippen molar-refractivity contribution in [2.24, 2.45) is 0 Å². The largest absolute Gasteiger partial charge is 0.471 e. The van der Waals surface area contributed by atoms with E-state index >= 15 is 0 Å². The summed E-state index contributed by atoms with van der Waals surface area (Å²) in [5.41, 5.74) is 0.702. The molecule has 6 heteroatoms. The lowest BCUT2D eigenvalue weighted by Gasteiger charge is -2.20. The number of aromatic amines is 1. The van der Waals surface area contributed by atoms with E-state index in [1.54, 1.807) is 12.3 Å². The lowest BCUT2D eigenvalue weighted by molar-refractivity contribution is 0.104. The molecule has 2 heterocycles. The highest BCUT2D eigenvalue weighted by Gasteiger charge is 2.20. The minimum absolute atomic E-state index is 0.106. The Kier molecular flexibility index (Phi) is 4.37. The van der Waals surface area contributed by atoms with E-state index in [1.165, 1.54) is 12.4 Å². The van der Waals surface area contributed by atoms with Crippen molar-refractivity contribution in [3.63, 3.8) is 0 Å². The number of nitrogens with zero attached hydrogens (tertiary/aromatic N) is 2. The molecule has 0 amide bonds. The average molecular weight is 288 g/mol. The number of hydrogen-bond donors (Lipinski definition) is 2. The predicted octanol–water partition coefficient (Wildman–Crippen LogP) is 2.09. The van der Waals surface area contributed by atoms with Gasteiger partial charge in [-0.15, -0.1) is 0 Å². The third-order valence-electron chi connectivity index (χ3n) is 2.69. The lowest BCUT2D eigenvalue weighted by Crippen LogP contribution is -2.23. The monoisotopic (exact) mass is 288 g/mol. The molecule has 0 aromatic carbocycles. The summed E-state index contributed by atoms with van der Waals surface area (Å²) in [6, 6.07) is 0. The van der Waals surface area contributed by atoms with Crippen LogP contribution in [0.15, 0.2) is 24.7 Å². The predicted molar refractivity (Wildman–Crippen MR) is 81.7 cm³/mol. The molecule has 0 saturated heterocycles. The van der Waals surface area contributed by atoms with Crippen LogP contribution in [0.4, 0.5) is 0 Å². The van der Waals surface area contributed by atoms with E-state index in [0.29, 0.717) is 29.0 Å². The van der Waals surface area contributed by atoms with Crippen molar-refractivity contribution >= 4 is 16.8 Å². The molecule has 0 aliphatic heterocycles. The van der Waals surface area contributed by atoms with Crippen LogP contribution in [-0.4, -0.2) is 39.9 Å². The number of H-pyrrole nitrogens is 1. The number of hydrogen-bond acceptors (Lipinski definition) is 5. The van der Waals surface area contributed by atoms with E-state index < -0.39 is 5.60 Å². The van der Waals surface area contributed by atoms with E-state index in [9.17, 15) is 4.79 Å². The van der Waals surface area contributed by atoms with Gasteiger partial charge in [-0.3, -0.25) is 4.79 Å². The Balaban J connectivity index is 2.43. The van der Waals surface area contributed by atoms with Crippen LogP contribution in [-0.2, 0) is 0 Å². The first-order valence-electron chi connectivity index (χ1n) is 6.79. The first-order valence-corrected chi connectivity index (χ1v) is 6.79. The van der Waals surface area contributed by atoms with Crippen LogP contribution in [0.25, 0.3) is 11.0 Å². The van der Waals surface area contributed by atoms with Gasteiger partial charge in [0.25, 0.3) is 0 Å². The van der Waals surface area contributed by atoms with Crippen molar-refractivity contribution in [3.8, 4) is 5.88 Å². The Bertz CT molecular complexity index is 668. The summed E-state index contributed by atoms with van der Waals surface area (Å²) in [5, 5.41) is 3.57. The van der Waals surface area contributed by atoms with Crippen LogP contribution in [0.3, 0.4) is 0 Å². The first-order chi connectivity index (χ1) is 9.92. The van der Waals surface area contributed by atoms with Gasteiger partial charge in [0.2, 0.25) is 5.88 Å². The maximum atomic E-state index is 12.3. The van der Waals surface area contributed by atoms with Crippen LogP contribution < -0.4 is 10.1 Å². The fourth-order valence-electron chi connectivity index (χ4n) is 1.87. The maximum Gasteiger partial charge on any atom is 0.227 e. The molecule has 0 spiro atoms. The second-order valence-corrected chi connectivity index (χ2v) is 5.64. The molecule has 0 aliphatic rings. The maximum absolute atomic E-state index is 12.3. The number of aromatic nitrogens is 3. The highest BCUT2D eigenvalue weighted by atomic mass is 16.5. The molecule has 2 aromatic rings. The zero-order chi connectivity index (χ0) is 15.5. The third kappa shape index (κ3) is 3.66. The molecule has 112 valence electrons. The van der Waals surface area contributed by atoms with Gasteiger partial charge in [-0.1, -0.05) is 6.08 Å². The summed E-state index contributed by atoms with van der Waals surface area (Å²) in [6.07, 6.45) is 6.37. The molecule has 0 fully saturated rings. The normalized spacial score (nSPS) is 12.2. The highest BCUT2D eigenvalue weighted by Crippen LogP contribution is 2.28. The highest BCUT2D eigenvalue weighted by molar-refractivity contribution is 6.13. The van der Waals surface area contributed by atoms with Gasteiger partial charge in [0.15, 0.2) is 5.78 Å². The van der Waals surface area contributed by atoms with E-state index in [2.05, 4.69) is 20.3 Å². The number of nitrogens with one attached hydrogen (secondary N) is 2. The minimum atomic E-state index is -0.402. The fraction of sp³-hybridized carbons (Fsp3) is 0.400. The van der Waals surface area contributed by atoms with Gasteiger partial charge in [-0.25, -0.2) is 9.97 Å². The van der Waals surface area contributed by atoms with Crippen molar-refractivity contribution in [2.75, 3.05) is 13.6 Å². The molecular weight excluding hydrogens is 268 g/mol. The topological polar surface area (TPSA) is 79.9 Å². The van der Waals surface area contributed by atoms with Gasteiger partial charge in [0, 0.05) is 12.7 Å². The molecule has 0 bridgehead atoms. The number of rotatable bonds is 5. The van der Waals surface area contributed by atoms with Crippen LogP contribution >= 0.6 is 0 Å². The molecular formula is C15H20N4O2. The quantitative estimate of drug-likeness (QED) is 0.650. The minimum Gasteiger partial charge on any atom is -0.471 e. The zero-order valence-electron chi connectivity index (χ0n) is 12.7. The average Bonchev–Trinajstić information content (AvgIpc) is 2.82. The van der Waals surface area contributed by atoms with Crippen molar-refractivity contribution in [1.82, 2.24) is 20.3 Å². The molecule has 2 N–H and O–H groups in total. The van der Waals surface area contributed by atoms with E-state index in [4.69, 9.17) is 4.74 Å². The van der Waals surface area contributed by atoms with Gasteiger partial charge in [0.1, 0.15) is 17.6 Å².